The molecule has 4 heteroatoms. The number of nitrogens with zero attached hydrogens (tertiary/aromatic N) is 1. The third-order valence-electron chi connectivity index (χ3n) is 3.44. The van der Waals surface area contributed by atoms with E-state index in [9.17, 15) is 0 Å². The second-order valence-electron chi connectivity index (χ2n) is 7.24. The van der Waals surface area contributed by atoms with Crippen LogP contribution in [0.3, 0.4) is 0 Å². The zero-order valence-electron chi connectivity index (χ0n) is 13.7. The van der Waals surface area contributed by atoms with Gasteiger partial charge in [0.15, 0.2) is 0 Å². The maximum absolute atomic E-state index is 4.38. The van der Waals surface area contributed by atoms with Gasteiger partial charge in [0, 0.05) is 18.0 Å². The first-order valence-corrected chi connectivity index (χ1v) is 6.84. The fourth-order valence-corrected chi connectivity index (χ4v) is 2.05. The van der Waals surface area contributed by atoms with Gasteiger partial charge in [-0.15, -0.1) is 24.8 Å². The van der Waals surface area contributed by atoms with Gasteiger partial charge >= 0.3 is 0 Å². The van der Waals surface area contributed by atoms with E-state index in [-0.39, 0.29) is 35.6 Å². The van der Waals surface area contributed by atoms with E-state index >= 15 is 0 Å². The van der Waals surface area contributed by atoms with Crippen molar-refractivity contribution in [2.24, 2.45) is 0 Å². The number of hydrogen-bond acceptors (Lipinski definition) is 1. The summed E-state index contributed by atoms with van der Waals surface area (Å²) in [6.07, 6.45) is 3.67. The summed E-state index contributed by atoms with van der Waals surface area (Å²) in [4.78, 5) is 7.58. The van der Waals surface area contributed by atoms with Crippen LogP contribution in [0, 0.1) is 0 Å². The predicted octanol–water partition coefficient (Wildman–Crippen LogP) is 5.52. The molecule has 1 N–H and O–H groups in total. The highest BCUT2D eigenvalue weighted by molar-refractivity contribution is 5.85. The van der Waals surface area contributed by atoms with Gasteiger partial charge in [-0.1, -0.05) is 47.6 Å². The van der Waals surface area contributed by atoms with Gasteiger partial charge in [0.1, 0.15) is 5.82 Å². The summed E-state index contributed by atoms with van der Waals surface area (Å²) in [5.74, 6) is 0.941. The normalized spacial score (nSPS) is 11.5. The SMILES string of the molecule is CC(C)(C)c1cc(-c2ncc[nH]2)cc(C(C)(C)C)c1.Cl.Cl. The molecule has 0 saturated heterocycles. The van der Waals surface area contributed by atoms with Gasteiger partial charge in [-0.05, 0) is 34.1 Å². The van der Waals surface area contributed by atoms with E-state index in [1.807, 2.05) is 6.20 Å². The Bertz CT molecular complexity index is 529. The summed E-state index contributed by atoms with van der Waals surface area (Å²) in [7, 11) is 0. The Morgan fingerprint density at radius 3 is 1.62 bits per heavy atom. The van der Waals surface area contributed by atoms with Crippen molar-refractivity contribution in [1.29, 1.82) is 0 Å². The van der Waals surface area contributed by atoms with Crippen molar-refractivity contribution < 1.29 is 0 Å². The lowest BCUT2D eigenvalue weighted by atomic mass is 9.79. The topological polar surface area (TPSA) is 28.7 Å². The fraction of sp³-hybridized carbons (Fsp3) is 0.471. The molecule has 1 heterocycles. The van der Waals surface area contributed by atoms with E-state index in [0.717, 1.165) is 5.82 Å². The highest BCUT2D eigenvalue weighted by atomic mass is 35.5. The number of halogens is 2. The zero-order valence-corrected chi connectivity index (χ0v) is 15.3. The van der Waals surface area contributed by atoms with Gasteiger partial charge in [0.05, 0.1) is 0 Å². The van der Waals surface area contributed by atoms with Crippen molar-refractivity contribution in [1.82, 2.24) is 9.97 Å². The summed E-state index contributed by atoms with van der Waals surface area (Å²) >= 11 is 0. The number of hydrogen-bond donors (Lipinski definition) is 1. The largest absolute Gasteiger partial charge is 0.345 e. The maximum Gasteiger partial charge on any atom is 0.137 e. The number of benzene rings is 1. The van der Waals surface area contributed by atoms with Crippen LogP contribution >= 0.6 is 24.8 Å². The molecule has 2 rings (SSSR count). The number of H-pyrrole nitrogens is 1. The molecular weight excluding hydrogens is 303 g/mol. The average molecular weight is 329 g/mol. The molecule has 0 unspecified atom stereocenters. The van der Waals surface area contributed by atoms with Crippen molar-refractivity contribution in [2.45, 2.75) is 52.4 Å². The molecule has 0 fully saturated rings. The van der Waals surface area contributed by atoms with Crippen LogP contribution in [0.1, 0.15) is 52.7 Å². The quantitative estimate of drug-likeness (QED) is 0.733. The molecule has 0 radical (unpaired) electrons. The molecule has 0 amide bonds. The Kier molecular flexibility index (Phi) is 6.52. The van der Waals surface area contributed by atoms with E-state index in [1.54, 1.807) is 6.20 Å². The molecule has 0 aliphatic heterocycles. The van der Waals surface area contributed by atoms with Gasteiger partial charge in [0.25, 0.3) is 0 Å². The van der Waals surface area contributed by atoms with E-state index in [0.29, 0.717) is 0 Å². The third-order valence-corrected chi connectivity index (χ3v) is 3.44. The number of imidazole rings is 1. The smallest absolute Gasteiger partial charge is 0.137 e. The molecule has 1 aromatic heterocycles. The first kappa shape index (κ1) is 20.0. The molecule has 2 nitrogen and oxygen atoms in total. The molecule has 0 spiro atoms. The predicted molar refractivity (Wildman–Crippen MR) is 95.9 cm³/mol. The maximum atomic E-state index is 4.38. The second kappa shape index (κ2) is 6.85. The Morgan fingerprint density at radius 2 is 1.29 bits per heavy atom. The first-order valence-electron chi connectivity index (χ1n) is 6.84. The average Bonchev–Trinajstić information content (AvgIpc) is 2.79. The van der Waals surface area contributed by atoms with E-state index in [1.165, 1.54) is 16.7 Å². The lowest BCUT2D eigenvalue weighted by Gasteiger charge is -2.26. The van der Waals surface area contributed by atoms with Gasteiger partial charge < -0.3 is 4.98 Å². The van der Waals surface area contributed by atoms with Gasteiger partial charge in [0.2, 0.25) is 0 Å². The molecular formula is C17H26Cl2N2. The van der Waals surface area contributed by atoms with Crippen molar-refractivity contribution in [2.75, 3.05) is 0 Å². The van der Waals surface area contributed by atoms with Crippen LogP contribution < -0.4 is 0 Å². The lowest BCUT2D eigenvalue weighted by molar-refractivity contribution is 0.569. The van der Waals surface area contributed by atoms with E-state index in [4.69, 9.17) is 0 Å². The molecule has 0 saturated carbocycles. The van der Waals surface area contributed by atoms with Gasteiger partial charge in [-0.25, -0.2) is 4.98 Å². The highest BCUT2D eigenvalue weighted by Gasteiger charge is 2.21. The Balaban J connectivity index is 0.00000200. The number of aromatic nitrogens is 2. The molecule has 0 aliphatic carbocycles. The van der Waals surface area contributed by atoms with Gasteiger partial charge in [-0.2, -0.15) is 0 Å². The monoisotopic (exact) mass is 328 g/mol. The van der Waals surface area contributed by atoms with Gasteiger partial charge in [-0.3, -0.25) is 0 Å². The van der Waals surface area contributed by atoms with Crippen LogP contribution in [0.4, 0.5) is 0 Å². The highest BCUT2D eigenvalue weighted by Crippen LogP contribution is 2.32. The minimum atomic E-state index is 0. The van der Waals surface area contributed by atoms with Crippen molar-refractivity contribution in [3.05, 3.63) is 41.7 Å². The van der Waals surface area contributed by atoms with Crippen molar-refractivity contribution >= 4 is 24.8 Å². The molecule has 118 valence electrons. The summed E-state index contributed by atoms with van der Waals surface area (Å²) in [6, 6.07) is 6.81. The fourth-order valence-electron chi connectivity index (χ4n) is 2.05. The number of rotatable bonds is 1. The van der Waals surface area contributed by atoms with E-state index < -0.39 is 0 Å². The summed E-state index contributed by atoms with van der Waals surface area (Å²) < 4.78 is 0. The molecule has 0 aliphatic rings. The van der Waals surface area contributed by atoms with E-state index in [2.05, 4.69) is 69.7 Å². The Labute approximate surface area is 140 Å². The first-order chi connectivity index (χ1) is 8.68. The molecule has 2 aromatic rings. The molecule has 1 aromatic carbocycles. The molecule has 0 bridgehead atoms. The Hall–Kier alpha value is -0.990. The van der Waals surface area contributed by atoms with Crippen LogP contribution in [-0.2, 0) is 10.8 Å². The lowest BCUT2D eigenvalue weighted by Crippen LogP contribution is -2.16. The summed E-state index contributed by atoms with van der Waals surface area (Å²) in [5, 5.41) is 0. The minimum Gasteiger partial charge on any atom is -0.345 e. The molecule has 21 heavy (non-hydrogen) atoms. The number of nitrogens with one attached hydrogen (secondary N) is 1. The third kappa shape index (κ3) is 4.76. The van der Waals surface area contributed by atoms with Crippen LogP contribution in [-0.4, -0.2) is 9.97 Å². The number of aromatic amines is 1. The van der Waals surface area contributed by atoms with Crippen LogP contribution in [0.25, 0.3) is 11.4 Å². The standard InChI is InChI=1S/C17H24N2.2ClH/c1-16(2,3)13-9-12(15-18-7-8-19-15)10-14(11-13)17(4,5)6;;/h7-11H,1-6H3,(H,18,19);2*1H. The van der Waals surface area contributed by atoms with Crippen LogP contribution in [0.5, 0.6) is 0 Å². The van der Waals surface area contributed by atoms with Crippen molar-refractivity contribution in [3.63, 3.8) is 0 Å². The summed E-state index contributed by atoms with van der Waals surface area (Å²) in [5.41, 5.74) is 4.16. The summed E-state index contributed by atoms with van der Waals surface area (Å²) in [6.45, 7) is 13.5. The molecule has 0 atom stereocenters. The zero-order chi connectivity index (χ0) is 14.3. The van der Waals surface area contributed by atoms with Crippen LogP contribution in [0.2, 0.25) is 0 Å². The second-order valence-corrected chi connectivity index (χ2v) is 7.24. The minimum absolute atomic E-state index is 0. The van der Waals surface area contributed by atoms with Crippen molar-refractivity contribution in [3.8, 4) is 11.4 Å². The van der Waals surface area contributed by atoms with Crippen LogP contribution in [0.15, 0.2) is 30.6 Å². The Morgan fingerprint density at radius 1 is 0.810 bits per heavy atom.